The molecule has 0 saturated carbocycles. The molecular formula is C14H23NOS. The average Bonchev–Trinajstić information content (AvgIpc) is 2.89. The van der Waals surface area contributed by atoms with Crippen molar-refractivity contribution in [3.63, 3.8) is 0 Å². The third kappa shape index (κ3) is 3.30. The average molecular weight is 253 g/mol. The molecule has 2 heterocycles. The predicted octanol–water partition coefficient (Wildman–Crippen LogP) is 3.52. The van der Waals surface area contributed by atoms with Gasteiger partial charge in [-0.1, -0.05) is 6.92 Å². The van der Waals surface area contributed by atoms with Crippen molar-refractivity contribution >= 4 is 11.3 Å². The highest BCUT2D eigenvalue weighted by atomic mass is 32.1. The lowest BCUT2D eigenvalue weighted by Crippen LogP contribution is -2.28. The molecule has 1 N–H and O–H groups in total. The van der Waals surface area contributed by atoms with E-state index in [-0.39, 0.29) is 0 Å². The van der Waals surface area contributed by atoms with E-state index >= 15 is 0 Å². The number of thiophene rings is 1. The lowest BCUT2D eigenvalue weighted by Gasteiger charge is -2.22. The van der Waals surface area contributed by atoms with Crippen LogP contribution in [-0.4, -0.2) is 19.3 Å². The van der Waals surface area contributed by atoms with Crippen molar-refractivity contribution in [3.05, 3.63) is 21.9 Å². The van der Waals surface area contributed by atoms with Gasteiger partial charge >= 0.3 is 0 Å². The van der Waals surface area contributed by atoms with Gasteiger partial charge in [0.25, 0.3) is 0 Å². The van der Waals surface area contributed by atoms with Gasteiger partial charge in [-0.25, -0.2) is 0 Å². The minimum atomic E-state index is 0.423. The van der Waals surface area contributed by atoms with E-state index in [1.165, 1.54) is 22.6 Å². The van der Waals surface area contributed by atoms with Crippen LogP contribution in [0, 0.1) is 12.8 Å². The van der Waals surface area contributed by atoms with Gasteiger partial charge in [0.2, 0.25) is 0 Å². The molecule has 1 aromatic heterocycles. The van der Waals surface area contributed by atoms with Crippen LogP contribution in [0.1, 0.15) is 42.5 Å². The first-order valence-electron chi connectivity index (χ1n) is 6.62. The fraction of sp³-hybridized carbons (Fsp3) is 0.714. The Morgan fingerprint density at radius 2 is 2.35 bits per heavy atom. The summed E-state index contributed by atoms with van der Waals surface area (Å²) in [6.45, 7) is 8.57. The Kier molecular flexibility index (Phi) is 4.60. The third-order valence-corrected chi connectivity index (χ3v) is 4.47. The fourth-order valence-corrected chi connectivity index (χ4v) is 3.55. The molecule has 0 radical (unpaired) electrons. The number of hydrogen-bond donors (Lipinski definition) is 1. The van der Waals surface area contributed by atoms with E-state index < -0.39 is 0 Å². The van der Waals surface area contributed by atoms with Gasteiger partial charge < -0.3 is 10.1 Å². The van der Waals surface area contributed by atoms with Crippen LogP contribution in [0.3, 0.4) is 0 Å². The van der Waals surface area contributed by atoms with E-state index in [9.17, 15) is 0 Å². The minimum absolute atomic E-state index is 0.423. The van der Waals surface area contributed by atoms with Crippen LogP contribution in [-0.2, 0) is 4.74 Å². The summed E-state index contributed by atoms with van der Waals surface area (Å²) in [6.07, 6.45) is 2.79. The van der Waals surface area contributed by atoms with Crippen molar-refractivity contribution < 1.29 is 4.74 Å². The summed E-state index contributed by atoms with van der Waals surface area (Å²) in [6, 6.07) is 4.98. The van der Waals surface area contributed by atoms with Gasteiger partial charge in [0, 0.05) is 21.7 Å². The molecule has 17 heavy (non-hydrogen) atoms. The molecule has 0 amide bonds. The lowest BCUT2D eigenvalue weighted by molar-refractivity contribution is 0.117. The maximum Gasteiger partial charge on any atom is 0.0551 e. The highest BCUT2D eigenvalue weighted by molar-refractivity contribution is 7.12. The lowest BCUT2D eigenvalue weighted by atomic mass is 9.95. The SMILES string of the molecule is CCCNC(c1ccc(C)s1)C1COC(C)C1. The summed E-state index contributed by atoms with van der Waals surface area (Å²) in [5, 5.41) is 3.69. The standard InChI is InChI=1S/C14H23NOS/c1-4-7-15-14(12-8-10(2)16-9-12)13-6-5-11(3)17-13/h5-6,10,12,14-15H,4,7-9H2,1-3H3. The van der Waals surface area contributed by atoms with Crippen molar-refractivity contribution in [1.82, 2.24) is 5.32 Å². The molecule has 3 unspecified atom stereocenters. The van der Waals surface area contributed by atoms with Gasteiger partial charge in [-0.15, -0.1) is 11.3 Å². The van der Waals surface area contributed by atoms with E-state index in [1.54, 1.807) is 0 Å². The number of hydrogen-bond acceptors (Lipinski definition) is 3. The van der Waals surface area contributed by atoms with Crippen molar-refractivity contribution in [3.8, 4) is 0 Å². The van der Waals surface area contributed by atoms with Crippen LogP contribution in [0.2, 0.25) is 0 Å². The van der Waals surface area contributed by atoms with E-state index in [2.05, 4.69) is 38.2 Å². The minimum Gasteiger partial charge on any atom is -0.378 e. The van der Waals surface area contributed by atoms with Crippen molar-refractivity contribution in [2.75, 3.05) is 13.2 Å². The van der Waals surface area contributed by atoms with Crippen molar-refractivity contribution in [1.29, 1.82) is 0 Å². The summed E-state index contributed by atoms with van der Waals surface area (Å²) in [7, 11) is 0. The third-order valence-electron chi connectivity index (χ3n) is 3.38. The molecule has 3 heteroatoms. The Hall–Kier alpha value is -0.380. The molecule has 0 aliphatic carbocycles. The normalized spacial score (nSPS) is 26.3. The zero-order chi connectivity index (χ0) is 12.3. The number of nitrogens with one attached hydrogen (secondary N) is 1. The Bertz CT molecular complexity index is 350. The first-order chi connectivity index (χ1) is 8.20. The van der Waals surface area contributed by atoms with Crippen LogP contribution < -0.4 is 5.32 Å². The van der Waals surface area contributed by atoms with Crippen LogP contribution in [0.4, 0.5) is 0 Å². The molecular weight excluding hydrogens is 230 g/mol. The largest absolute Gasteiger partial charge is 0.378 e. The molecule has 0 spiro atoms. The predicted molar refractivity (Wildman–Crippen MR) is 73.6 cm³/mol. The highest BCUT2D eigenvalue weighted by Crippen LogP contribution is 2.34. The maximum atomic E-state index is 5.72. The molecule has 1 saturated heterocycles. The van der Waals surface area contributed by atoms with Crippen LogP contribution in [0.15, 0.2) is 12.1 Å². The first-order valence-corrected chi connectivity index (χ1v) is 7.43. The molecule has 0 aromatic carbocycles. The van der Waals surface area contributed by atoms with Crippen molar-refractivity contribution in [2.45, 2.75) is 45.8 Å². The monoisotopic (exact) mass is 253 g/mol. The van der Waals surface area contributed by atoms with Crippen LogP contribution >= 0.6 is 11.3 Å². The Morgan fingerprint density at radius 3 is 2.88 bits per heavy atom. The second kappa shape index (κ2) is 5.98. The van der Waals surface area contributed by atoms with Gasteiger partial charge in [0.15, 0.2) is 0 Å². The molecule has 96 valence electrons. The zero-order valence-electron chi connectivity index (χ0n) is 11.0. The molecule has 1 aliphatic rings. The second-order valence-corrected chi connectivity index (χ2v) is 6.34. The number of ether oxygens (including phenoxy) is 1. The molecule has 1 fully saturated rings. The summed E-state index contributed by atoms with van der Waals surface area (Å²) in [5.41, 5.74) is 0. The van der Waals surface area contributed by atoms with Gasteiger partial charge in [-0.2, -0.15) is 0 Å². The molecule has 1 aromatic rings. The van der Waals surface area contributed by atoms with E-state index in [0.717, 1.165) is 13.2 Å². The smallest absolute Gasteiger partial charge is 0.0551 e. The van der Waals surface area contributed by atoms with Crippen LogP contribution in [0.5, 0.6) is 0 Å². The Balaban J connectivity index is 2.07. The van der Waals surface area contributed by atoms with E-state index in [0.29, 0.717) is 18.1 Å². The Morgan fingerprint density at radius 1 is 1.53 bits per heavy atom. The molecule has 1 aliphatic heterocycles. The molecule has 2 rings (SSSR count). The molecule has 3 atom stereocenters. The fourth-order valence-electron chi connectivity index (χ4n) is 2.50. The second-order valence-electron chi connectivity index (χ2n) is 5.02. The first kappa shape index (κ1) is 13.1. The molecule has 0 bridgehead atoms. The molecule has 2 nitrogen and oxygen atoms in total. The zero-order valence-corrected chi connectivity index (χ0v) is 11.8. The van der Waals surface area contributed by atoms with Crippen molar-refractivity contribution in [2.24, 2.45) is 5.92 Å². The summed E-state index contributed by atoms with van der Waals surface area (Å²) >= 11 is 1.92. The van der Waals surface area contributed by atoms with Gasteiger partial charge in [0.1, 0.15) is 0 Å². The highest BCUT2D eigenvalue weighted by Gasteiger charge is 2.30. The Labute approximate surface area is 108 Å². The maximum absolute atomic E-state index is 5.72. The summed E-state index contributed by atoms with van der Waals surface area (Å²) in [4.78, 5) is 2.87. The summed E-state index contributed by atoms with van der Waals surface area (Å²) < 4.78 is 5.72. The number of aryl methyl sites for hydroxylation is 1. The number of rotatable bonds is 5. The van der Waals surface area contributed by atoms with Gasteiger partial charge in [0.05, 0.1) is 12.7 Å². The van der Waals surface area contributed by atoms with Gasteiger partial charge in [-0.3, -0.25) is 0 Å². The quantitative estimate of drug-likeness (QED) is 0.867. The van der Waals surface area contributed by atoms with Gasteiger partial charge in [-0.05, 0) is 45.4 Å². The summed E-state index contributed by atoms with van der Waals surface area (Å²) in [5.74, 6) is 0.634. The van der Waals surface area contributed by atoms with E-state index in [4.69, 9.17) is 4.74 Å². The topological polar surface area (TPSA) is 21.3 Å². The van der Waals surface area contributed by atoms with E-state index in [1.807, 2.05) is 11.3 Å². The van der Waals surface area contributed by atoms with Crippen LogP contribution in [0.25, 0.3) is 0 Å².